The van der Waals surface area contributed by atoms with E-state index in [1.54, 1.807) is 0 Å². The summed E-state index contributed by atoms with van der Waals surface area (Å²) in [6, 6.07) is 8.98. The molecule has 1 atom stereocenters. The molecular formula is C16H12ClF5O2. The Morgan fingerprint density at radius 2 is 1.58 bits per heavy atom. The lowest BCUT2D eigenvalue weighted by Gasteiger charge is -2.38. The number of para-hydroxylation sites is 1. The maximum atomic E-state index is 14.3. The van der Waals surface area contributed by atoms with Crippen LogP contribution in [0, 0.1) is 0 Å². The van der Waals surface area contributed by atoms with Crippen molar-refractivity contribution in [2.75, 3.05) is 7.11 Å². The van der Waals surface area contributed by atoms with Crippen LogP contribution >= 0.6 is 11.6 Å². The predicted molar refractivity (Wildman–Crippen MR) is 78.4 cm³/mol. The third-order valence-corrected chi connectivity index (χ3v) is 3.78. The normalized spacial score (nSPS) is 15.0. The van der Waals surface area contributed by atoms with Gasteiger partial charge in [-0.1, -0.05) is 41.9 Å². The Hall–Kier alpha value is -1.86. The molecule has 2 aromatic carbocycles. The second kappa shape index (κ2) is 6.22. The van der Waals surface area contributed by atoms with Crippen LogP contribution in [0.15, 0.2) is 48.5 Å². The van der Waals surface area contributed by atoms with E-state index >= 15 is 0 Å². The average Bonchev–Trinajstić information content (AvgIpc) is 2.52. The van der Waals surface area contributed by atoms with Crippen molar-refractivity contribution in [3.63, 3.8) is 0 Å². The van der Waals surface area contributed by atoms with Gasteiger partial charge >= 0.3 is 12.1 Å². The van der Waals surface area contributed by atoms with Crippen molar-refractivity contribution in [1.29, 1.82) is 0 Å². The van der Waals surface area contributed by atoms with E-state index in [2.05, 4.69) is 0 Å². The molecule has 2 aromatic rings. The minimum absolute atomic E-state index is 0.0983. The van der Waals surface area contributed by atoms with Crippen LogP contribution in [-0.4, -0.2) is 24.3 Å². The highest BCUT2D eigenvalue weighted by molar-refractivity contribution is 6.30. The first-order chi connectivity index (χ1) is 11.1. The van der Waals surface area contributed by atoms with Gasteiger partial charge in [0.15, 0.2) is 5.60 Å². The highest BCUT2D eigenvalue weighted by atomic mass is 35.5. The van der Waals surface area contributed by atoms with Gasteiger partial charge in [-0.05, 0) is 23.8 Å². The Morgan fingerprint density at radius 1 is 0.958 bits per heavy atom. The Morgan fingerprint density at radius 3 is 2.12 bits per heavy atom. The van der Waals surface area contributed by atoms with Crippen molar-refractivity contribution in [2.24, 2.45) is 0 Å². The monoisotopic (exact) mass is 366 g/mol. The number of ether oxygens (including phenoxy) is 1. The molecule has 0 aliphatic carbocycles. The topological polar surface area (TPSA) is 29.5 Å². The zero-order valence-corrected chi connectivity index (χ0v) is 13.0. The molecule has 0 saturated heterocycles. The number of benzene rings is 2. The predicted octanol–water partition coefficient (Wildman–Crippen LogP) is 4.78. The fourth-order valence-corrected chi connectivity index (χ4v) is 2.56. The van der Waals surface area contributed by atoms with Gasteiger partial charge in [0.1, 0.15) is 5.75 Å². The number of alkyl halides is 5. The second-order valence-electron chi connectivity index (χ2n) is 4.99. The lowest BCUT2D eigenvalue weighted by atomic mass is 9.80. The Balaban J connectivity index is 2.85. The van der Waals surface area contributed by atoms with Crippen molar-refractivity contribution in [3.8, 4) is 5.75 Å². The largest absolute Gasteiger partial charge is 0.496 e. The molecule has 0 aliphatic heterocycles. The Kier molecular flexibility index (Phi) is 4.79. The van der Waals surface area contributed by atoms with E-state index in [9.17, 15) is 27.1 Å². The van der Waals surface area contributed by atoms with Crippen molar-refractivity contribution >= 4 is 11.6 Å². The van der Waals surface area contributed by atoms with Crippen LogP contribution in [0.2, 0.25) is 5.02 Å². The quantitative estimate of drug-likeness (QED) is 0.789. The Labute approximate surface area is 139 Å². The molecule has 0 fully saturated rings. The summed E-state index contributed by atoms with van der Waals surface area (Å²) in [5, 5.41) is 10.5. The third kappa shape index (κ3) is 2.82. The number of halogens is 6. The molecular weight excluding hydrogens is 355 g/mol. The minimum Gasteiger partial charge on any atom is -0.496 e. The van der Waals surface area contributed by atoms with Crippen LogP contribution in [0.1, 0.15) is 11.1 Å². The van der Waals surface area contributed by atoms with Gasteiger partial charge in [0.2, 0.25) is 0 Å². The maximum Gasteiger partial charge on any atom is 0.457 e. The fraction of sp³-hybridized carbons (Fsp3) is 0.250. The molecule has 130 valence electrons. The number of aliphatic hydroxyl groups is 1. The summed E-state index contributed by atoms with van der Waals surface area (Å²) in [6.07, 6.45) is -6.01. The molecule has 0 spiro atoms. The summed E-state index contributed by atoms with van der Waals surface area (Å²) in [7, 11) is 1.10. The van der Waals surface area contributed by atoms with Crippen molar-refractivity contribution < 1.29 is 31.8 Å². The summed E-state index contributed by atoms with van der Waals surface area (Å²) in [6.45, 7) is 0. The molecule has 0 saturated carbocycles. The van der Waals surface area contributed by atoms with E-state index in [0.29, 0.717) is 0 Å². The van der Waals surface area contributed by atoms with Gasteiger partial charge in [0, 0.05) is 10.6 Å². The first-order valence-electron chi connectivity index (χ1n) is 6.62. The molecule has 1 unspecified atom stereocenters. The van der Waals surface area contributed by atoms with Gasteiger partial charge in [-0.3, -0.25) is 0 Å². The van der Waals surface area contributed by atoms with Gasteiger partial charge in [-0.25, -0.2) is 0 Å². The zero-order valence-electron chi connectivity index (χ0n) is 12.2. The van der Waals surface area contributed by atoms with Gasteiger partial charge in [-0.15, -0.1) is 0 Å². The first kappa shape index (κ1) is 18.5. The van der Waals surface area contributed by atoms with Crippen LogP contribution < -0.4 is 4.74 Å². The van der Waals surface area contributed by atoms with E-state index in [1.807, 2.05) is 0 Å². The lowest BCUT2D eigenvalue weighted by Crippen LogP contribution is -2.55. The number of methoxy groups -OCH3 is 1. The van der Waals surface area contributed by atoms with E-state index in [1.165, 1.54) is 30.3 Å². The summed E-state index contributed by atoms with van der Waals surface area (Å²) < 4.78 is 72.7. The SMILES string of the molecule is COc1ccccc1C(O)(c1cccc(Cl)c1)C(F)(F)C(F)(F)F. The smallest absolute Gasteiger partial charge is 0.457 e. The van der Waals surface area contributed by atoms with E-state index in [-0.39, 0.29) is 10.8 Å². The molecule has 0 amide bonds. The number of hydrogen-bond acceptors (Lipinski definition) is 2. The summed E-state index contributed by atoms with van der Waals surface area (Å²) in [4.78, 5) is 0. The summed E-state index contributed by atoms with van der Waals surface area (Å²) in [5.41, 5.74) is -5.15. The molecule has 2 nitrogen and oxygen atoms in total. The molecule has 2 rings (SSSR count). The maximum absolute atomic E-state index is 14.3. The van der Waals surface area contributed by atoms with Crippen LogP contribution in [0.25, 0.3) is 0 Å². The van der Waals surface area contributed by atoms with Crippen LogP contribution in [-0.2, 0) is 5.60 Å². The van der Waals surface area contributed by atoms with E-state index < -0.39 is 28.8 Å². The van der Waals surface area contributed by atoms with Crippen molar-refractivity contribution in [2.45, 2.75) is 17.7 Å². The standard InChI is InChI=1S/C16H12ClF5O2/c1-24-13-8-3-2-7-12(13)14(23,15(18,19)16(20,21)22)10-5-4-6-11(17)9-10/h2-9,23H,1H3. The molecule has 1 N–H and O–H groups in total. The lowest BCUT2D eigenvalue weighted by molar-refractivity contribution is -0.336. The molecule has 0 radical (unpaired) electrons. The molecule has 8 heteroatoms. The number of rotatable bonds is 4. The fourth-order valence-electron chi connectivity index (χ4n) is 2.37. The minimum atomic E-state index is -6.01. The van der Waals surface area contributed by atoms with Crippen molar-refractivity contribution in [1.82, 2.24) is 0 Å². The second-order valence-corrected chi connectivity index (χ2v) is 5.43. The Bertz CT molecular complexity index is 732. The highest BCUT2D eigenvalue weighted by Gasteiger charge is 2.71. The van der Waals surface area contributed by atoms with Gasteiger partial charge in [0.05, 0.1) is 7.11 Å². The van der Waals surface area contributed by atoms with E-state index in [0.717, 1.165) is 25.3 Å². The summed E-state index contributed by atoms with van der Waals surface area (Å²) in [5.74, 6) is -5.82. The van der Waals surface area contributed by atoms with E-state index in [4.69, 9.17) is 16.3 Å². The molecule has 0 bridgehead atoms. The highest BCUT2D eigenvalue weighted by Crippen LogP contribution is 2.53. The average molecular weight is 367 g/mol. The zero-order chi connectivity index (χ0) is 18.2. The van der Waals surface area contributed by atoms with Crippen LogP contribution in [0.3, 0.4) is 0 Å². The van der Waals surface area contributed by atoms with Gasteiger partial charge in [-0.2, -0.15) is 22.0 Å². The van der Waals surface area contributed by atoms with Gasteiger partial charge < -0.3 is 9.84 Å². The van der Waals surface area contributed by atoms with Crippen LogP contribution in [0.5, 0.6) is 5.75 Å². The van der Waals surface area contributed by atoms with Gasteiger partial charge in [0.25, 0.3) is 0 Å². The summed E-state index contributed by atoms with van der Waals surface area (Å²) >= 11 is 5.71. The van der Waals surface area contributed by atoms with Crippen molar-refractivity contribution in [3.05, 3.63) is 64.7 Å². The molecule has 0 aromatic heterocycles. The molecule has 24 heavy (non-hydrogen) atoms. The molecule has 0 aliphatic rings. The molecule has 0 heterocycles. The number of hydrogen-bond donors (Lipinski definition) is 1. The third-order valence-electron chi connectivity index (χ3n) is 3.55. The first-order valence-corrected chi connectivity index (χ1v) is 7.00. The van der Waals surface area contributed by atoms with Crippen LogP contribution in [0.4, 0.5) is 22.0 Å².